The number of benzene rings is 1. The van der Waals surface area contributed by atoms with Crippen LogP contribution >= 0.6 is 11.6 Å². The number of carbonyl (C=O) groups excluding carboxylic acids is 2. The van der Waals surface area contributed by atoms with Gasteiger partial charge in [0.25, 0.3) is 0 Å². The number of nitrogens with zero attached hydrogens (tertiary/aromatic N) is 2. The lowest BCUT2D eigenvalue weighted by Crippen LogP contribution is -2.26. The molecular weight excluding hydrogens is 354 g/mol. The summed E-state index contributed by atoms with van der Waals surface area (Å²) in [5.41, 5.74) is 2.11. The predicted octanol–water partition coefficient (Wildman–Crippen LogP) is 3.21. The highest BCUT2D eigenvalue weighted by molar-refractivity contribution is 6.30. The van der Waals surface area contributed by atoms with Gasteiger partial charge in [0, 0.05) is 19.3 Å². The molecule has 0 radical (unpaired) electrons. The average Bonchev–Trinajstić information content (AvgIpc) is 3.01. The van der Waals surface area contributed by atoms with Gasteiger partial charge in [0.2, 0.25) is 5.91 Å². The van der Waals surface area contributed by atoms with E-state index >= 15 is 0 Å². The van der Waals surface area contributed by atoms with Gasteiger partial charge < -0.3 is 14.5 Å². The lowest BCUT2D eigenvalue weighted by atomic mass is 10.2. The summed E-state index contributed by atoms with van der Waals surface area (Å²) in [6.45, 7) is 1.31. The number of imidazole rings is 1. The maximum absolute atomic E-state index is 12.4. The number of hydrogen-bond acceptors (Lipinski definition) is 4. The number of halogens is 1. The molecule has 132 valence electrons. The van der Waals surface area contributed by atoms with Crippen molar-refractivity contribution < 1.29 is 14.3 Å². The first-order valence-electron chi connectivity index (χ1n) is 7.86. The molecule has 3 aromatic rings. The molecule has 26 heavy (non-hydrogen) atoms. The number of ether oxygens (including phenoxy) is 1. The second-order valence-electron chi connectivity index (χ2n) is 5.57. The summed E-state index contributed by atoms with van der Waals surface area (Å²) < 4.78 is 7.04. The van der Waals surface area contributed by atoms with E-state index < -0.39 is 5.97 Å². The van der Waals surface area contributed by atoms with E-state index in [0.29, 0.717) is 16.4 Å². The van der Waals surface area contributed by atoms with Gasteiger partial charge in [0.1, 0.15) is 18.0 Å². The van der Waals surface area contributed by atoms with Crippen molar-refractivity contribution in [3.05, 3.63) is 76.8 Å². The van der Waals surface area contributed by atoms with Crippen molar-refractivity contribution in [2.75, 3.05) is 0 Å². The van der Waals surface area contributed by atoms with E-state index in [9.17, 15) is 9.59 Å². The van der Waals surface area contributed by atoms with Crippen molar-refractivity contribution >= 4 is 35.2 Å². The van der Waals surface area contributed by atoms with Gasteiger partial charge in [-0.05, 0) is 23.8 Å². The fourth-order valence-electron chi connectivity index (χ4n) is 2.36. The molecule has 2 heterocycles. The van der Waals surface area contributed by atoms with Gasteiger partial charge in [-0.25, -0.2) is 9.78 Å². The normalized spacial score (nSPS) is 11.4. The molecule has 1 N–H and O–H groups in total. The van der Waals surface area contributed by atoms with Gasteiger partial charge in [-0.3, -0.25) is 4.79 Å². The molecule has 0 aliphatic rings. The number of pyridine rings is 1. The van der Waals surface area contributed by atoms with Crippen LogP contribution < -0.4 is 5.32 Å². The molecule has 0 aliphatic carbocycles. The maximum Gasteiger partial charge on any atom is 0.355 e. The molecule has 0 fully saturated rings. The minimum Gasteiger partial charge on any atom is -0.454 e. The molecule has 0 spiro atoms. The van der Waals surface area contributed by atoms with Crippen LogP contribution in [-0.4, -0.2) is 21.3 Å². The number of aromatic nitrogens is 2. The Kier molecular flexibility index (Phi) is 5.34. The molecule has 2 aromatic heterocycles. The Bertz CT molecular complexity index is 980. The third kappa shape index (κ3) is 4.49. The molecule has 1 amide bonds. The van der Waals surface area contributed by atoms with Crippen LogP contribution in [0.15, 0.2) is 60.6 Å². The Morgan fingerprint density at radius 2 is 1.96 bits per heavy atom. The summed E-state index contributed by atoms with van der Waals surface area (Å²) >= 11 is 5.94. The molecule has 6 nitrogen and oxygen atoms in total. The summed E-state index contributed by atoms with van der Waals surface area (Å²) in [5.74, 6) is -0.995. The third-order valence-electron chi connectivity index (χ3n) is 3.46. The number of rotatable bonds is 5. The quantitative estimate of drug-likeness (QED) is 0.553. The lowest BCUT2D eigenvalue weighted by molar-refractivity contribution is -0.141. The molecule has 7 heteroatoms. The Morgan fingerprint density at radius 1 is 1.19 bits per heavy atom. The summed E-state index contributed by atoms with van der Waals surface area (Å²) in [6, 6.07) is 12.7. The molecule has 0 aliphatic heterocycles. The van der Waals surface area contributed by atoms with Crippen LogP contribution in [0.5, 0.6) is 0 Å². The lowest BCUT2D eigenvalue weighted by Gasteiger charge is -2.08. The third-order valence-corrected chi connectivity index (χ3v) is 3.68. The van der Waals surface area contributed by atoms with Crippen molar-refractivity contribution in [3.63, 3.8) is 0 Å². The van der Waals surface area contributed by atoms with Crippen molar-refractivity contribution in [1.82, 2.24) is 14.7 Å². The molecule has 0 bridgehead atoms. The van der Waals surface area contributed by atoms with E-state index in [2.05, 4.69) is 10.3 Å². The van der Waals surface area contributed by atoms with Gasteiger partial charge in [0.15, 0.2) is 0 Å². The van der Waals surface area contributed by atoms with Crippen LogP contribution in [0.1, 0.15) is 18.2 Å². The fourth-order valence-corrected chi connectivity index (χ4v) is 2.52. The van der Waals surface area contributed by atoms with Gasteiger partial charge in [-0.2, -0.15) is 0 Å². The fraction of sp³-hybridized carbons (Fsp3) is 0.105. The Balaban J connectivity index is 1.74. The monoisotopic (exact) mass is 369 g/mol. The predicted molar refractivity (Wildman–Crippen MR) is 98.2 cm³/mol. The first kappa shape index (κ1) is 17.7. The van der Waals surface area contributed by atoms with Gasteiger partial charge in [0.05, 0.1) is 10.7 Å². The average molecular weight is 370 g/mol. The Hall–Kier alpha value is -3.12. The molecule has 0 saturated heterocycles. The summed E-state index contributed by atoms with van der Waals surface area (Å²) in [6.07, 6.45) is 5.01. The van der Waals surface area contributed by atoms with E-state index in [4.69, 9.17) is 16.3 Å². The molecule has 0 saturated carbocycles. The van der Waals surface area contributed by atoms with Gasteiger partial charge in [-0.15, -0.1) is 0 Å². The molecule has 3 rings (SSSR count). The van der Waals surface area contributed by atoms with Crippen LogP contribution in [0.3, 0.4) is 0 Å². The number of amides is 1. The zero-order chi connectivity index (χ0) is 18.5. The molecule has 0 atom stereocenters. The highest BCUT2D eigenvalue weighted by Crippen LogP contribution is 2.13. The van der Waals surface area contributed by atoms with Crippen molar-refractivity contribution in [1.29, 1.82) is 0 Å². The molecule has 0 unspecified atom stereocenters. The summed E-state index contributed by atoms with van der Waals surface area (Å²) in [4.78, 5) is 28.1. The van der Waals surface area contributed by atoms with Crippen molar-refractivity contribution in [3.8, 4) is 0 Å². The van der Waals surface area contributed by atoms with Crippen molar-refractivity contribution in [2.24, 2.45) is 0 Å². The van der Waals surface area contributed by atoms with E-state index in [0.717, 1.165) is 5.56 Å². The number of hydrogen-bond donors (Lipinski definition) is 1. The minimum absolute atomic E-state index is 0.0240. The standard InChI is InChI=1S/C19H16ClN3O3/c1-13(24)21-17(9-14-5-3-2-4-6-14)19(25)26-12-16-11-23-10-15(20)7-8-18(23)22-16/h2-11H,12H2,1H3,(H,21,24)/b17-9-. The number of fused-ring (bicyclic) bond motifs is 1. The second-order valence-corrected chi connectivity index (χ2v) is 6.01. The van der Waals surface area contributed by atoms with Crippen LogP contribution in [0.25, 0.3) is 11.7 Å². The van der Waals surface area contributed by atoms with E-state index in [1.807, 2.05) is 30.3 Å². The zero-order valence-electron chi connectivity index (χ0n) is 14.0. The summed E-state index contributed by atoms with van der Waals surface area (Å²) in [7, 11) is 0. The molecular formula is C19H16ClN3O3. The Morgan fingerprint density at radius 3 is 2.69 bits per heavy atom. The van der Waals surface area contributed by atoms with Crippen LogP contribution in [0, 0.1) is 0 Å². The molecule has 1 aromatic carbocycles. The summed E-state index contributed by atoms with van der Waals surface area (Å²) in [5, 5.41) is 3.08. The van der Waals surface area contributed by atoms with E-state index in [1.54, 1.807) is 35.0 Å². The first-order valence-corrected chi connectivity index (χ1v) is 8.23. The van der Waals surface area contributed by atoms with Crippen LogP contribution in [0.2, 0.25) is 5.02 Å². The zero-order valence-corrected chi connectivity index (χ0v) is 14.7. The van der Waals surface area contributed by atoms with Crippen LogP contribution in [-0.2, 0) is 20.9 Å². The second kappa shape index (κ2) is 7.84. The van der Waals surface area contributed by atoms with Gasteiger partial charge in [-0.1, -0.05) is 41.9 Å². The number of carbonyl (C=O) groups is 2. The van der Waals surface area contributed by atoms with E-state index in [-0.39, 0.29) is 18.2 Å². The SMILES string of the molecule is CC(=O)N/C(=C\c1ccccc1)C(=O)OCc1cn2cc(Cl)ccc2n1. The Labute approximate surface area is 155 Å². The number of esters is 1. The minimum atomic E-state index is -0.640. The highest BCUT2D eigenvalue weighted by Gasteiger charge is 2.14. The van der Waals surface area contributed by atoms with Crippen LogP contribution in [0.4, 0.5) is 0 Å². The van der Waals surface area contributed by atoms with E-state index in [1.165, 1.54) is 6.92 Å². The topological polar surface area (TPSA) is 72.7 Å². The maximum atomic E-state index is 12.4. The highest BCUT2D eigenvalue weighted by atomic mass is 35.5. The van der Waals surface area contributed by atoms with Crippen molar-refractivity contribution in [2.45, 2.75) is 13.5 Å². The number of nitrogens with one attached hydrogen (secondary N) is 1. The van der Waals surface area contributed by atoms with Gasteiger partial charge >= 0.3 is 5.97 Å². The largest absolute Gasteiger partial charge is 0.454 e. The first-order chi connectivity index (χ1) is 12.5. The smallest absolute Gasteiger partial charge is 0.355 e.